The first-order valence-electron chi connectivity index (χ1n) is 9.89. The number of nitrogens with zero attached hydrogens (tertiary/aromatic N) is 2. The van der Waals surface area contributed by atoms with Gasteiger partial charge >= 0.3 is 0 Å². The van der Waals surface area contributed by atoms with E-state index in [0.717, 1.165) is 33.9 Å². The van der Waals surface area contributed by atoms with Crippen molar-refractivity contribution in [2.45, 2.75) is 50.5 Å². The van der Waals surface area contributed by atoms with E-state index in [-0.39, 0.29) is 5.91 Å². The van der Waals surface area contributed by atoms with Crippen LogP contribution in [-0.4, -0.2) is 28.2 Å². The largest absolute Gasteiger partial charge is 0.355 e. The summed E-state index contributed by atoms with van der Waals surface area (Å²) in [4.78, 5) is 24.5. The molecule has 1 aliphatic rings. The molecule has 6 heteroatoms. The standard InChI is InChI=1S/C22H25N3OS2/c1-3-17-14(2)28-22-19(17)21(24-20(25-22)16-9-10-16)27-13-18(26)23-12-11-15-7-5-4-6-8-15/h4-8,16H,3,9-13H2,1-2H3,(H,23,26). The Hall–Kier alpha value is -1.92. The van der Waals surface area contributed by atoms with Crippen LogP contribution in [0.4, 0.5) is 0 Å². The fourth-order valence-corrected chi connectivity index (χ4v) is 5.46. The first kappa shape index (κ1) is 19.4. The molecule has 0 unspecified atom stereocenters. The second kappa shape index (κ2) is 8.62. The van der Waals surface area contributed by atoms with E-state index < -0.39 is 0 Å². The van der Waals surface area contributed by atoms with Gasteiger partial charge in [0.05, 0.1) is 5.75 Å². The predicted molar refractivity (Wildman–Crippen MR) is 117 cm³/mol. The maximum absolute atomic E-state index is 12.4. The van der Waals surface area contributed by atoms with Gasteiger partial charge in [0.1, 0.15) is 15.7 Å². The molecule has 0 radical (unpaired) electrons. The lowest BCUT2D eigenvalue weighted by molar-refractivity contribution is -0.118. The van der Waals surface area contributed by atoms with Crippen molar-refractivity contribution in [1.82, 2.24) is 15.3 Å². The summed E-state index contributed by atoms with van der Waals surface area (Å²) in [6, 6.07) is 10.2. The third-order valence-electron chi connectivity index (χ3n) is 5.05. The molecule has 2 aromatic heterocycles. The van der Waals surface area contributed by atoms with E-state index in [0.29, 0.717) is 18.2 Å². The highest BCUT2D eigenvalue weighted by Gasteiger charge is 2.28. The molecule has 4 nitrogen and oxygen atoms in total. The molecule has 1 aromatic carbocycles. The molecule has 0 spiro atoms. The van der Waals surface area contributed by atoms with Crippen molar-refractivity contribution in [3.05, 3.63) is 52.2 Å². The van der Waals surface area contributed by atoms with Crippen molar-refractivity contribution < 1.29 is 4.79 Å². The normalized spacial score (nSPS) is 13.8. The van der Waals surface area contributed by atoms with Crippen molar-refractivity contribution in [3.63, 3.8) is 0 Å². The molecule has 1 saturated carbocycles. The van der Waals surface area contributed by atoms with Crippen molar-refractivity contribution >= 4 is 39.2 Å². The second-order valence-corrected chi connectivity index (χ2v) is 9.37. The lowest BCUT2D eigenvalue weighted by Crippen LogP contribution is -2.27. The van der Waals surface area contributed by atoms with Crippen LogP contribution < -0.4 is 5.32 Å². The minimum absolute atomic E-state index is 0.0608. The fourth-order valence-electron chi connectivity index (χ4n) is 3.38. The summed E-state index contributed by atoms with van der Waals surface area (Å²) in [7, 11) is 0. The average Bonchev–Trinajstić information content (AvgIpc) is 3.49. The molecule has 0 bridgehead atoms. The number of carbonyl (C=O) groups is 1. The lowest BCUT2D eigenvalue weighted by atomic mass is 10.1. The summed E-state index contributed by atoms with van der Waals surface area (Å²) in [5, 5.41) is 5.17. The van der Waals surface area contributed by atoms with Crippen LogP contribution >= 0.6 is 23.1 Å². The molecule has 28 heavy (non-hydrogen) atoms. The van der Waals surface area contributed by atoms with Gasteiger partial charge in [0, 0.05) is 22.7 Å². The predicted octanol–water partition coefficient (Wildman–Crippen LogP) is 4.89. The first-order chi connectivity index (χ1) is 13.7. The highest BCUT2D eigenvalue weighted by Crippen LogP contribution is 2.42. The van der Waals surface area contributed by atoms with Crippen LogP contribution in [0.15, 0.2) is 35.4 Å². The highest BCUT2D eigenvalue weighted by molar-refractivity contribution is 8.00. The molecule has 1 aliphatic carbocycles. The van der Waals surface area contributed by atoms with Crippen LogP contribution in [0.25, 0.3) is 10.2 Å². The monoisotopic (exact) mass is 411 g/mol. The molecule has 0 atom stereocenters. The zero-order valence-corrected chi connectivity index (χ0v) is 18.0. The van der Waals surface area contributed by atoms with Gasteiger partial charge < -0.3 is 5.32 Å². The van der Waals surface area contributed by atoms with Gasteiger partial charge in [-0.1, -0.05) is 49.0 Å². The Bertz CT molecular complexity index is 980. The Kier molecular flexibility index (Phi) is 5.97. The fraction of sp³-hybridized carbons (Fsp3) is 0.409. The Morgan fingerprint density at radius 1 is 1.25 bits per heavy atom. The number of hydrogen-bond donors (Lipinski definition) is 1. The Balaban J connectivity index is 1.44. The lowest BCUT2D eigenvalue weighted by Gasteiger charge is -2.08. The first-order valence-corrected chi connectivity index (χ1v) is 11.7. The van der Waals surface area contributed by atoms with Crippen molar-refractivity contribution in [1.29, 1.82) is 0 Å². The van der Waals surface area contributed by atoms with E-state index in [9.17, 15) is 4.79 Å². The molecule has 3 aromatic rings. The molecular formula is C22H25N3OS2. The number of carbonyl (C=O) groups excluding carboxylic acids is 1. The molecule has 0 aliphatic heterocycles. The number of aromatic nitrogens is 2. The summed E-state index contributed by atoms with van der Waals surface area (Å²) < 4.78 is 0. The average molecular weight is 412 g/mol. The molecule has 1 fully saturated rings. The number of nitrogens with one attached hydrogen (secondary N) is 1. The number of thiophene rings is 1. The van der Waals surface area contributed by atoms with Crippen LogP contribution in [0.1, 0.15) is 47.5 Å². The molecule has 4 rings (SSSR count). The number of amides is 1. The van der Waals surface area contributed by atoms with Gasteiger partial charge in [0.15, 0.2) is 0 Å². The van der Waals surface area contributed by atoms with Crippen LogP contribution in [0.2, 0.25) is 0 Å². The third kappa shape index (κ3) is 4.39. The number of aryl methyl sites for hydroxylation is 2. The third-order valence-corrected chi connectivity index (χ3v) is 7.07. The van der Waals surface area contributed by atoms with Gasteiger partial charge in [-0.05, 0) is 43.7 Å². The number of thioether (sulfide) groups is 1. The number of rotatable bonds is 8. The molecule has 1 amide bonds. The smallest absolute Gasteiger partial charge is 0.230 e. The van der Waals surface area contributed by atoms with Crippen molar-refractivity contribution in [2.75, 3.05) is 12.3 Å². The molecule has 1 N–H and O–H groups in total. The van der Waals surface area contributed by atoms with Gasteiger partial charge in [-0.25, -0.2) is 9.97 Å². The van der Waals surface area contributed by atoms with Gasteiger partial charge in [0.25, 0.3) is 0 Å². The molecular weight excluding hydrogens is 386 g/mol. The Morgan fingerprint density at radius 3 is 2.75 bits per heavy atom. The maximum atomic E-state index is 12.4. The van der Waals surface area contributed by atoms with Gasteiger partial charge in [0.2, 0.25) is 5.91 Å². The minimum atomic E-state index is 0.0608. The second-order valence-electron chi connectivity index (χ2n) is 7.21. The van der Waals surface area contributed by atoms with E-state index >= 15 is 0 Å². The summed E-state index contributed by atoms with van der Waals surface area (Å²) in [6.45, 7) is 4.99. The summed E-state index contributed by atoms with van der Waals surface area (Å²) in [5.41, 5.74) is 2.57. The quantitative estimate of drug-likeness (QED) is 0.423. The van der Waals surface area contributed by atoms with Crippen LogP contribution in [0, 0.1) is 6.92 Å². The zero-order chi connectivity index (χ0) is 19.5. The highest BCUT2D eigenvalue weighted by atomic mass is 32.2. The van der Waals surface area contributed by atoms with Crippen LogP contribution in [0.5, 0.6) is 0 Å². The van der Waals surface area contributed by atoms with E-state index in [2.05, 4.69) is 31.3 Å². The van der Waals surface area contributed by atoms with Gasteiger partial charge in [-0.15, -0.1) is 11.3 Å². The summed E-state index contributed by atoms with van der Waals surface area (Å²) >= 11 is 3.31. The summed E-state index contributed by atoms with van der Waals surface area (Å²) in [5.74, 6) is 1.92. The number of hydrogen-bond acceptors (Lipinski definition) is 5. The molecule has 2 heterocycles. The SMILES string of the molecule is CCc1c(C)sc2nc(C3CC3)nc(SCC(=O)NCCc3ccccc3)c12. The number of benzene rings is 1. The van der Waals surface area contributed by atoms with Crippen LogP contribution in [-0.2, 0) is 17.6 Å². The Morgan fingerprint density at radius 2 is 2.04 bits per heavy atom. The van der Waals surface area contributed by atoms with Crippen LogP contribution in [0.3, 0.4) is 0 Å². The Labute approximate surface area is 174 Å². The topological polar surface area (TPSA) is 54.9 Å². The number of fused-ring (bicyclic) bond motifs is 1. The van der Waals surface area contributed by atoms with Gasteiger partial charge in [-0.3, -0.25) is 4.79 Å². The van der Waals surface area contributed by atoms with Gasteiger partial charge in [-0.2, -0.15) is 0 Å². The van der Waals surface area contributed by atoms with E-state index in [1.807, 2.05) is 18.2 Å². The van der Waals surface area contributed by atoms with Crippen molar-refractivity contribution in [3.8, 4) is 0 Å². The molecule has 146 valence electrons. The van der Waals surface area contributed by atoms with E-state index in [1.165, 1.54) is 28.8 Å². The van der Waals surface area contributed by atoms with E-state index in [1.54, 1.807) is 23.1 Å². The van der Waals surface area contributed by atoms with Crippen molar-refractivity contribution in [2.24, 2.45) is 0 Å². The van der Waals surface area contributed by atoms with E-state index in [4.69, 9.17) is 9.97 Å². The summed E-state index contributed by atoms with van der Waals surface area (Å²) in [6.07, 6.45) is 4.18. The molecule has 0 saturated heterocycles. The maximum Gasteiger partial charge on any atom is 0.230 e. The zero-order valence-electron chi connectivity index (χ0n) is 16.3. The minimum Gasteiger partial charge on any atom is -0.355 e.